The number of ether oxygens (including phenoxy) is 1. The molecule has 0 aliphatic carbocycles. The predicted octanol–water partition coefficient (Wildman–Crippen LogP) is 7.18. The average molecular weight is 541 g/mol. The fourth-order valence-corrected chi connectivity index (χ4v) is 4.54. The van der Waals surface area contributed by atoms with E-state index in [-0.39, 0.29) is 12.4 Å². The van der Waals surface area contributed by atoms with Crippen LogP contribution in [0.15, 0.2) is 63.5 Å². The SMILES string of the molecule is Cc1ccc2nc(/C(C#N)=C/c3cc(Br)cc(Br)c3OCc3ccccc3F)[nH]c2c1. The van der Waals surface area contributed by atoms with Gasteiger partial charge in [-0.05, 0) is 64.8 Å². The van der Waals surface area contributed by atoms with Gasteiger partial charge in [-0.15, -0.1) is 0 Å². The fourth-order valence-electron chi connectivity index (χ4n) is 3.17. The Morgan fingerprint density at radius 1 is 1.19 bits per heavy atom. The summed E-state index contributed by atoms with van der Waals surface area (Å²) < 4.78 is 21.4. The molecule has 0 amide bonds. The second-order valence-electron chi connectivity index (χ2n) is 6.96. The summed E-state index contributed by atoms with van der Waals surface area (Å²) in [6.45, 7) is 2.05. The first-order valence-electron chi connectivity index (χ1n) is 9.38. The van der Waals surface area contributed by atoms with Crippen LogP contribution < -0.4 is 4.74 Å². The summed E-state index contributed by atoms with van der Waals surface area (Å²) in [5.74, 6) is 0.647. The monoisotopic (exact) mass is 539 g/mol. The van der Waals surface area contributed by atoms with E-state index in [0.29, 0.717) is 32.7 Å². The van der Waals surface area contributed by atoms with Crippen molar-refractivity contribution in [3.8, 4) is 11.8 Å². The molecule has 4 aromatic rings. The molecule has 154 valence electrons. The van der Waals surface area contributed by atoms with E-state index in [2.05, 4.69) is 47.9 Å². The second kappa shape index (κ2) is 9.04. The summed E-state index contributed by atoms with van der Waals surface area (Å²) in [4.78, 5) is 7.75. The van der Waals surface area contributed by atoms with Gasteiger partial charge in [-0.25, -0.2) is 9.37 Å². The Balaban J connectivity index is 1.74. The van der Waals surface area contributed by atoms with Gasteiger partial charge >= 0.3 is 0 Å². The summed E-state index contributed by atoms with van der Waals surface area (Å²) in [6, 6.07) is 18.2. The summed E-state index contributed by atoms with van der Waals surface area (Å²) in [6.07, 6.45) is 1.71. The van der Waals surface area contributed by atoms with E-state index in [1.165, 1.54) is 6.07 Å². The van der Waals surface area contributed by atoms with Gasteiger partial charge in [0.25, 0.3) is 0 Å². The number of rotatable bonds is 5. The highest BCUT2D eigenvalue weighted by Gasteiger charge is 2.14. The van der Waals surface area contributed by atoms with E-state index in [0.717, 1.165) is 21.1 Å². The van der Waals surface area contributed by atoms with E-state index in [1.807, 2.05) is 37.3 Å². The molecule has 0 fully saturated rings. The van der Waals surface area contributed by atoms with Crippen molar-refractivity contribution in [2.75, 3.05) is 0 Å². The molecule has 7 heteroatoms. The van der Waals surface area contributed by atoms with Crippen molar-refractivity contribution in [1.82, 2.24) is 9.97 Å². The van der Waals surface area contributed by atoms with E-state index in [9.17, 15) is 9.65 Å². The fraction of sp³-hybridized carbons (Fsp3) is 0.0833. The molecule has 31 heavy (non-hydrogen) atoms. The maximum absolute atomic E-state index is 14.0. The third-order valence-electron chi connectivity index (χ3n) is 4.68. The Morgan fingerprint density at radius 2 is 2.00 bits per heavy atom. The lowest BCUT2D eigenvalue weighted by Gasteiger charge is -2.13. The number of halogens is 3. The van der Waals surface area contributed by atoms with Crippen LogP contribution in [0.1, 0.15) is 22.5 Å². The summed E-state index contributed by atoms with van der Waals surface area (Å²) >= 11 is 6.99. The van der Waals surface area contributed by atoms with Crippen LogP contribution in [0.25, 0.3) is 22.7 Å². The number of imidazole rings is 1. The Kier molecular flexibility index (Phi) is 6.21. The van der Waals surface area contributed by atoms with Gasteiger partial charge < -0.3 is 9.72 Å². The van der Waals surface area contributed by atoms with Gasteiger partial charge in [0, 0.05) is 15.6 Å². The van der Waals surface area contributed by atoms with Crippen LogP contribution >= 0.6 is 31.9 Å². The Hall–Kier alpha value is -2.95. The number of nitrogens with one attached hydrogen (secondary N) is 1. The van der Waals surface area contributed by atoms with Crippen LogP contribution in [0.5, 0.6) is 5.75 Å². The van der Waals surface area contributed by atoms with Crippen molar-refractivity contribution in [2.45, 2.75) is 13.5 Å². The number of H-pyrrole nitrogens is 1. The van der Waals surface area contributed by atoms with Crippen LogP contribution in [0.3, 0.4) is 0 Å². The van der Waals surface area contributed by atoms with Gasteiger partial charge in [-0.2, -0.15) is 5.26 Å². The molecule has 0 atom stereocenters. The molecule has 0 unspecified atom stereocenters. The first kappa shape index (κ1) is 21.3. The second-order valence-corrected chi connectivity index (χ2v) is 8.73. The van der Waals surface area contributed by atoms with Crippen molar-refractivity contribution in [3.05, 3.63) is 91.9 Å². The number of aryl methyl sites for hydroxylation is 1. The highest BCUT2D eigenvalue weighted by molar-refractivity contribution is 9.11. The molecule has 0 bridgehead atoms. The van der Waals surface area contributed by atoms with Crippen LogP contribution in [0.4, 0.5) is 4.39 Å². The molecule has 0 saturated heterocycles. The molecular weight excluding hydrogens is 525 g/mol. The van der Waals surface area contributed by atoms with E-state index in [1.54, 1.807) is 24.3 Å². The molecule has 0 aliphatic rings. The summed E-state index contributed by atoms with van der Waals surface area (Å²) in [7, 11) is 0. The number of aromatic nitrogens is 2. The number of nitrogens with zero attached hydrogens (tertiary/aromatic N) is 2. The number of hydrogen-bond acceptors (Lipinski definition) is 3. The predicted molar refractivity (Wildman–Crippen MR) is 127 cm³/mol. The Bertz CT molecular complexity index is 1350. The third-order valence-corrected chi connectivity index (χ3v) is 5.73. The lowest BCUT2D eigenvalue weighted by molar-refractivity contribution is 0.297. The summed E-state index contributed by atoms with van der Waals surface area (Å²) in [5.41, 5.74) is 4.21. The lowest BCUT2D eigenvalue weighted by atomic mass is 10.1. The van der Waals surface area contributed by atoms with Gasteiger partial charge in [0.2, 0.25) is 0 Å². The van der Waals surface area contributed by atoms with Crippen molar-refractivity contribution >= 4 is 54.5 Å². The van der Waals surface area contributed by atoms with Gasteiger partial charge in [0.15, 0.2) is 0 Å². The molecule has 4 rings (SSSR count). The molecule has 0 spiro atoms. The number of fused-ring (bicyclic) bond motifs is 1. The van der Waals surface area contributed by atoms with Gasteiger partial charge in [-0.1, -0.05) is 40.2 Å². The maximum Gasteiger partial charge on any atom is 0.149 e. The minimum absolute atomic E-state index is 0.0551. The normalized spacial score (nSPS) is 11.5. The average Bonchev–Trinajstić information content (AvgIpc) is 3.15. The molecule has 1 heterocycles. The highest BCUT2D eigenvalue weighted by Crippen LogP contribution is 2.36. The van der Waals surface area contributed by atoms with Gasteiger partial charge in [0.05, 0.1) is 21.1 Å². The van der Waals surface area contributed by atoms with Crippen LogP contribution in [-0.2, 0) is 6.61 Å². The summed E-state index contributed by atoms with van der Waals surface area (Å²) in [5, 5.41) is 9.80. The molecule has 0 saturated carbocycles. The molecule has 3 aromatic carbocycles. The topological polar surface area (TPSA) is 61.7 Å². The minimum Gasteiger partial charge on any atom is -0.487 e. The first-order valence-corrected chi connectivity index (χ1v) is 11.0. The van der Waals surface area contributed by atoms with Gasteiger partial charge in [0.1, 0.15) is 30.1 Å². The van der Waals surface area contributed by atoms with Crippen molar-refractivity contribution in [1.29, 1.82) is 5.26 Å². The Morgan fingerprint density at radius 3 is 2.77 bits per heavy atom. The zero-order valence-corrected chi connectivity index (χ0v) is 19.6. The van der Waals surface area contributed by atoms with E-state index >= 15 is 0 Å². The van der Waals surface area contributed by atoms with Crippen LogP contribution in [0.2, 0.25) is 0 Å². The molecule has 1 N–H and O–H groups in total. The lowest BCUT2D eigenvalue weighted by Crippen LogP contribution is -2.00. The maximum atomic E-state index is 14.0. The van der Waals surface area contributed by atoms with E-state index in [4.69, 9.17) is 4.74 Å². The van der Waals surface area contributed by atoms with Crippen molar-refractivity contribution in [2.24, 2.45) is 0 Å². The van der Waals surface area contributed by atoms with Crippen LogP contribution in [-0.4, -0.2) is 9.97 Å². The number of nitriles is 1. The number of allylic oxidation sites excluding steroid dienone is 1. The van der Waals surface area contributed by atoms with Crippen LogP contribution in [0, 0.1) is 24.1 Å². The molecule has 1 aromatic heterocycles. The minimum atomic E-state index is -0.330. The van der Waals surface area contributed by atoms with Gasteiger partial charge in [-0.3, -0.25) is 0 Å². The zero-order chi connectivity index (χ0) is 22.0. The number of aromatic amines is 1. The number of hydrogen-bond donors (Lipinski definition) is 1. The molecule has 4 nitrogen and oxygen atoms in total. The van der Waals surface area contributed by atoms with E-state index < -0.39 is 0 Å². The third kappa shape index (κ3) is 4.71. The largest absolute Gasteiger partial charge is 0.487 e. The highest BCUT2D eigenvalue weighted by atomic mass is 79.9. The van der Waals surface area contributed by atoms with Crippen molar-refractivity contribution < 1.29 is 9.13 Å². The quantitative estimate of drug-likeness (QED) is 0.273. The molecule has 0 radical (unpaired) electrons. The standard InChI is InChI=1S/C24H16Br2FN3O/c1-14-6-7-21-22(8-14)30-24(29-21)17(12-28)9-16-10-18(25)11-19(26)23(16)31-13-15-4-2-3-5-20(15)27/h2-11H,13H2,1H3,(H,29,30)/b17-9+. The molecular formula is C24H16Br2FN3O. The smallest absolute Gasteiger partial charge is 0.149 e. The van der Waals surface area contributed by atoms with Crippen molar-refractivity contribution in [3.63, 3.8) is 0 Å². The Labute approximate surface area is 195 Å². The zero-order valence-electron chi connectivity index (χ0n) is 16.4. The first-order chi connectivity index (χ1) is 14.9. The number of benzene rings is 3. The molecule has 0 aliphatic heterocycles.